The Labute approximate surface area is 148 Å². The van der Waals surface area contributed by atoms with E-state index in [1.165, 1.54) is 0 Å². The molecule has 0 spiro atoms. The van der Waals surface area contributed by atoms with Crippen LogP contribution in [0.3, 0.4) is 0 Å². The quantitative estimate of drug-likeness (QED) is 0.531. The first kappa shape index (κ1) is 18.6. The van der Waals surface area contributed by atoms with E-state index < -0.39 is 11.6 Å². The van der Waals surface area contributed by atoms with Gasteiger partial charge in [0, 0.05) is 5.56 Å². The minimum absolute atomic E-state index is 0.0130. The molecule has 2 aromatic carbocycles. The van der Waals surface area contributed by atoms with Crippen molar-refractivity contribution >= 4 is 0 Å². The molecule has 0 fully saturated rings. The number of benzene rings is 2. The van der Waals surface area contributed by atoms with Crippen molar-refractivity contribution in [3.63, 3.8) is 0 Å². The Hall–Kier alpha value is -2.78. The summed E-state index contributed by atoms with van der Waals surface area (Å²) in [5.41, 5.74) is 0.757. The second kappa shape index (κ2) is 9.50. The molecule has 0 aromatic heterocycles. The minimum atomic E-state index is -0.581. The van der Waals surface area contributed by atoms with E-state index in [1.54, 1.807) is 19.1 Å². The predicted molar refractivity (Wildman–Crippen MR) is 96.4 cm³/mol. The number of hydrogen-bond donors (Lipinski definition) is 0. The van der Waals surface area contributed by atoms with Crippen molar-refractivity contribution in [1.29, 1.82) is 0 Å². The summed E-state index contributed by atoms with van der Waals surface area (Å²) >= 11 is 0. The highest BCUT2D eigenvalue weighted by atomic mass is 19.1. The number of rotatable bonds is 5. The fraction of sp³-hybridized carbons (Fsp3) is 0.273. The van der Waals surface area contributed by atoms with Crippen LogP contribution < -0.4 is 4.74 Å². The average molecular weight is 338 g/mol. The largest absolute Gasteiger partial charge is 0.494 e. The predicted octanol–water partition coefficient (Wildman–Crippen LogP) is 5.31. The standard InChI is InChI=1S/C22H20F2O/c1-3-5-6-14-25-20-12-9-17(10-13-20)8-11-19-16-21(23)18(7-4-2)15-22(19)24/h9-10,12-13,15-16H,3,5-6,14H2,1-2H3. The molecule has 0 unspecified atom stereocenters. The molecule has 0 atom stereocenters. The summed E-state index contributed by atoms with van der Waals surface area (Å²) in [7, 11) is 0. The van der Waals surface area contributed by atoms with Crippen LogP contribution in [0, 0.1) is 35.3 Å². The third kappa shape index (κ3) is 5.66. The van der Waals surface area contributed by atoms with Crippen LogP contribution in [0.15, 0.2) is 36.4 Å². The minimum Gasteiger partial charge on any atom is -0.494 e. The zero-order valence-electron chi connectivity index (χ0n) is 14.5. The van der Waals surface area contributed by atoms with Gasteiger partial charge in [-0.1, -0.05) is 37.5 Å². The van der Waals surface area contributed by atoms with E-state index in [-0.39, 0.29) is 11.1 Å². The molecule has 0 amide bonds. The molecule has 0 aliphatic carbocycles. The number of halogens is 2. The van der Waals surface area contributed by atoms with Crippen LogP contribution >= 0.6 is 0 Å². The van der Waals surface area contributed by atoms with Crippen LogP contribution in [0.25, 0.3) is 0 Å². The van der Waals surface area contributed by atoms with Gasteiger partial charge in [-0.25, -0.2) is 8.78 Å². The Morgan fingerprint density at radius 2 is 1.52 bits per heavy atom. The first-order chi connectivity index (χ1) is 12.1. The number of ether oxygens (including phenoxy) is 1. The van der Waals surface area contributed by atoms with Gasteiger partial charge in [-0.3, -0.25) is 0 Å². The summed E-state index contributed by atoms with van der Waals surface area (Å²) in [4.78, 5) is 0. The normalized spacial score (nSPS) is 9.60. The zero-order valence-corrected chi connectivity index (χ0v) is 14.5. The summed E-state index contributed by atoms with van der Waals surface area (Å²) in [6.45, 7) is 4.41. The third-order valence-electron chi connectivity index (χ3n) is 3.53. The van der Waals surface area contributed by atoms with Crippen LogP contribution in [-0.4, -0.2) is 6.61 Å². The lowest BCUT2D eigenvalue weighted by molar-refractivity contribution is 0.306. The average Bonchev–Trinajstić information content (AvgIpc) is 2.61. The van der Waals surface area contributed by atoms with E-state index in [0.29, 0.717) is 12.2 Å². The van der Waals surface area contributed by atoms with Crippen molar-refractivity contribution in [3.8, 4) is 29.4 Å². The van der Waals surface area contributed by atoms with Gasteiger partial charge in [-0.2, -0.15) is 0 Å². The highest BCUT2D eigenvalue weighted by Crippen LogP contribution is 2.15. The van der Waals surface area contributed by atoms with E-state index in [0.717, 1.165) is 37.1 Å². The fourth-order valence-electron chi connectivity index (χ4n) is 2.19. The Morgan fingerprint density at radius 1 is 0.880 bits per heavy atom. The molecule has 0 saturated heterocycles. The van der Waals surface area contributed by atoms with Crippen LogP contribution in [-0.2, 0) is 0 Å². The summed E-state index contributed by atoms with van der Waals surface area (Å²) < 4.78 is 33.4. The lowest BCUT2D eigenvalue weighted by atomic mass is 10.1. The summed E-state index contributed by atoms with van der Waals surface area (Å²) in [6.07, 6.45) is 3.33. The molecule has 0 bridgehead atoms. The van der Waals surface area contributed by atoms with Gasteiger partial charge in [0.25, 0.3) is 0 Å². The lowest BCUT2D eigenvalue weighted by Gasteiger charge is -2.05. The molecule has 2 rings (SSSR count). The summed E-state index contributed by atoms with van der Waals surface area (Å²) in [5.74, 6) is 10.2. The van der Waals surface area contributed by atoms with Crippen molar-refractivity contribution in [2.75, 3.05) is 6.61 Å². The molecule has 128 valence electrons. The van der Waals surface area contributed by atoms with Gasteiger partial charge in [0.05, 0.1) is 17.7 Å². The van der Waals surface area contributed by atoms with E-state index >= 15 is 0 Å². The molecule has 0 heterocycles. The monoisotopic (exact) mass is 338 g/mol. The topological polar surface area (TPSA) is 9.23 Å². The Kier molecular flexibility index (Phi) is 7.05. The smallest absolute Gasteiger partial charge is 0.140 e. The second-order valence-electron chi connectivity index (χ2n) is 5.52. The second-order valence-corrected chi connectivity index (χ2v) is 5.52. The summed E-state index contributed by atoms with van der Waals surface area (Å²) in [6, 6.07) is 9.40. The van der Waals surface area contributed by atoms with Crippen LogP contribution in [0.1, 0.15) is 49.8 Å². The molecular formula is C22H20F2O. The SMILES string of the molecule is CC#Cc1cc(F)c(C#Cc2ccc(OCCCCC)cc2)cc1F. The van der Waals surface area contributed by atoms with Crippen molar-refractivity contribution in [1.82, 2.24) is 0 Å². The van der Waals surface area contributed by atoms with Gasteiger partial charge in [0.2, 0.25) is 0 Å². The number of hydrogen-bond acceptors (Lipinski definition) is 1. The van der Waals surface area contributed by atoms with Crippen LogP contribution in [0.5, 0.6) is 5.75 Å². The molecule has 25 heavy (non-hydrogen) atoms. The molecule has 0 saturated carbocycles. The van der Waals surface area contributed by atoms with Crippen molar-refractivity contribution < 1.29 is 13.5 Å². The molecule has 0 aliphatic heterocycles. The van der Waals surface area contributed by atoms with E-state index in [2.05, 4.69) is 30.6 Å². The van der Waals surface area contributed by atoms with Gasteiger partial charge in [-0.05, 0) is 49.7 Å². The van der Waals surface area contributed by atoms with Gasteiger partial charge < -0.3 is 4.74 Å². The maximum absolute atomic E-state index is 14.0. The van der Waals surface area contributed by atoms with Crippen molar-refractivity contribution in [2.24, 2.45) is 0 Å². The molecule has 0 N–H and O–H groups in total. The third-order valence-corrected chi connectivity index (χ3v) is 3.53. The molecule has 2 aromatic rings. The summed E-state index contributed by atoms with van der Waals surface area (Å²) in [5, 5.41) is 0. The molecule has 3 heteroatoms. The number of unbranched alkanes of at least 4 members (excludes halogenated alkanes) is 2. The van der Waals surface area contributed by atoms with Crippen LogP contribution in [0.4, 0.5) is 8.78 Å². The Bertz CT molecular complexity index is 831. The molecule has 0 aliphatic rings. The zero-order chi connectivity index (χ0) is 18.1. The van der Waals surface area contributed by atoms with Crippen molar-refractivity contribution in [2.45, 2.75) is 33.1 Å². The van der Waals surface area contributed by atoms with Gasteiger partial charge in [0.15, 0.2) is 0 Å². The maximum atomic E-state index is 14.0. The van der Waals surface area contributed by atoms with Crippen molar-refractivity contribution in [3.05, 3.63) is 64.7 Å². The van der Waals surface area contributed by atoms with E-state index in [9.17, 15) is 8.78 Å². The first-order valence-corrected chi connectivity index (χ1v) is 8.30. The van der Waals surface area contributed by atoms with Crippen LogP contribution in [0.2, 0.25) is 0 Å². The fourth-order valence-corrected chi connectivity index (χ4v) is 2.19. The van der Waals surface area contributed by atoms with Gasteiger partial charge in [-0.15, -0.1) is 5.92 Å². The van der Waals surface area contributed by atoms with E-state index in [4.69, 9.17) is 4.74 Å². The lowest BCUT2D eigenvalue weighted by Crippen LogP contribution is -1.96. The molecular weight excluding hydrogens is 318 g/mol. The Morgan fingerprint density at radius 3 is 2.12 bits per heavy atom. The molecule has 1 nitrogen and oxygen atoms in total. The van der Waals surface area contributed by atoms with E-state index in [1.807, 2.05) is 12.1 Å². The highest BCUT2D eigenvalue weighted by Gasteiger charge is 2.06. The Balaban J connectivity index is 2.08. The van der Waals surface area contributed by atoms with Gasteiger partial charge >= 0.3 is 0 Å². The maximum Gasteiger partial charge on any atom is 0.140 e. The highest BCUT2D eigenvalue weighted by molar-refractivity contribution is 5.48. The van der Waals surface area contributed by atoms with Gasteiger partial charge in [0.1, 0.15) is 17.4 Å². The first-order valence-electron chi connectivity index (χ1n) is 8.30. The molecule has 0 radical (unpaired) electrons.